The van der Waals surface area contributed by atoms with Gasteiger partial charge in [-0.15, -0.1) is 0 Å². The number of benzene rings is 2. The Morgan fingerprint density at radius 2 is 1.84 bits per heavy atom. The van der Waals surface area contributed by atoms with Gasteiger partial charge in [0.15, 0.2) is 6.10 Å². The molecule has 32 heavy (non-hydrogen) atoms. The summed E-state index contributed by atoms with van der Waals surface area (Å²) < 4.78 is 8.52. The summed E-state index contributed by atoms with van der Waals surface area (Å²) in [6.45, 7) is 12.9. The van der Waals surface area contributed by atoms with E-state index in [-0.39, 0.29) is 6.04 Å². The number of rotatable bonds is 4. The van der Waals surface area contributed by atoms with Crippen LogP contribution in [0.15, 0.2) is 30.3 Å². The van der Waals surface area contributed by atoms with Crippen LogP contribution in [0.1, 0.15) is 50.6 Å². The Hall–Kier alpha value is -2.50. The summed E-state index contributed by atoms with van der Waals surface area (Å²) in [7, 11) is 2.09. The van der Waals surface area contributed by atoms with E-state index in [1.165, 1.54) is 0 Å². The highest BCUT2D eigenvalue weighted by atomic mass is 35.5. The van der Waals surface area contributed by atoms with Crippen LogP contribution >= 0.6 is 11.6 Å². The number of halogens is 1. The first-order valence-electron chi connectivity index (χ1n) is 11.0. The van der Waals surface area contributed by atoms with Gasteiger partial charge < -0.3 is 19.3 Å². The lowest BCUT2D eigenvalue weighted by Crippen LogP contribution is -2.38. The molecule has 0 unspecified atom stereocenters. The molecule has 4 rings (SSSR count). The smallest absolute Gasteiger partial charge is 0.337 e. The molecule has 0 saturated carbocycles. The summed E-state index contributed by atoms with van der Waals surface area (Å²) in [5.74, 6) is -0.993. The van der Waals surface area contributed by atoms with Gasteiger partial charge in [0.25, 0.3) is 0 Å². The number of aryl methyl sites for hydroxylation is 1. The largest absolute Gasteiger partial charge is 0.479 e. The van der Waals surface area contributed by atoms with Crippen molar-refractivity contribution >= 4 is 34.2 Å². The van der Waals surface area contributed by atoms with Crippen molar-refractivity contribution in [3.63, 3.8) is 0 Å². The van der Waals surface area contributed by atoms with Gasteiger partial charge in [0.05, 0.1) is 16.8 Å². The first-order chi connectivity index (χ1) is 14.9. The molecular weight excluding hydrogens is 424 g/mol. The molecule has 0 radical (unpaired) electrons. The van der Waals surface area contributed by atoms with Crippen LogP contribution in [0.25, 0.3) is 22.0 Å². The molecule has 1 aromatic heterocycles. The van der Waals surface area contributed by atoms with Crippen molar-refractivity contribution in [2.24, 2.45) is 0 Å². The lowest BCUT2D eigenvalue weighted by molar-refractivity contribution is -0.160. The molecule has 1 aliphatic heterocycles. The zero-order valence-electron chi connectivity index (χ0n) is 19.8. The Kier molecular flexibility index (Phi) is 5.54. The van der Waals surface area contributed by atoms with E-state index in [4.69, 9.17) is 16.3 Å². The third-order valence-corrected chi connectivity index (χ3v) is 6.63. The summed E-state index contributed by atoms with van der Waals surface area (Å²) in [4.78, 5) is 14.8. The normalized spacial score (nSPS) is 17.1. The van der Waals surface area contributed by atoms with Crippen molar-refractivity contribution < 1.29 is 14.6 Å². The van der Waals surface area contributed by atoms with Crippen molar-refractivity contribution in [1.29, 1.82) is 0 Å². The number of aliphatic carboxylic acids is 1. The van der Waals surface area contributed by atoms with Crippen molar-refractivity contribution in [1.82, 2.24) is 4.57 Å². The highest BCUT2D eigenvalue weighted by Crippen LogP contribution is 2.48. The lowest BCUT2D eigenvalue weighted by atomic mass is 9.87. The van der Waals surface area contributed by atoms with E-state index in [2.05, 4.69) is 36.4 Å². The maximum absolute atomic E-state index is 12.6. The van der Waals surface area contributed by atoms with E-state index in [1.54, 1.807) is 0 Å². The fourth-order valence-electron chi connectivity index (χ4n) is 4.88. The Labute approximate surface area is 194 Å². The zero-order chi connectivity index (χ0) is 23.5. The van der Waals surface area contributed by atoms with Crippen LogP contribution in [0.5, 0.6) is 0 Å². The molecule has 2 atom stereocenters. The van der Waals surface area contributed by atoms with Crippen LogP contribution in [0.2, 0.25) is 5.02 Å². The van der Waals surface area contributed by atoms with Gasteiger partial charge in [-0.1, -0.05) is 23.7 Å². The molecule has 0 amide bonds. The highest BCUT2D eigenvalue weighted by Gasteiger charge is 2.36. The quantitative estimate of drug-likeness (QED) is 0.498. The van der Waals surface area contributed by atoms with Crippen molar-refractivity contribution in [3.05, 3.63) is 52.2 Å². The number of carbonyl (C=O) groups is 1. The third-order valence-electron chi connectivity index (χ3n) is 6.38. The summed E-state index contributed by atoms with van der Waals surface area (Å²) in [6, 6.07) is 10.1. The van der Waals surface area contributed by atoms with E-state index < -0.39 is 17.7 Å². The van der Waals surface area contributed by atoms with Crippen LogP contribution in [-0.4, -0.2) is 34.3 Å². The Bertz CT molecular complexity index is 1210. The van der Waals surface area contributed by atoms with Gasteiger partial charge in [0.2, 0.25) is 0 Å². The molecule has 2 aromatic carbocycles. The number of likely N-dealkylation sites (N-methyl/N-ethyl adjacent to an activating group) is 1. The standard InChI is InChI=1S/C26H31ClN2O3/c1-14-12-19-21(17-8-10-18(27)11-9-17)20(24(25(30)31)32-26(4,5)6)16(3)22-23(19)29(14)13-15(2)28(22)7/h8-12,15,24H,13H2,1-7H3,(H,30,31)/t15-,24+/m1/s1. The number of hydrogen-bond acceptors (Lipinski definition) is 3. The van der Waals surface area contributed by atoms with Crippen LogP contribution in [0, 0.1) is 13.8 Å². The zero-order valence-corrected chi connectivity index (χ0v) is 20.5. The van der Waals surface area contributed by atoms with Crippen molar-refractivity contribution in [3.8, 4) is 11.1 Å². The second kappa shape index (κ2) is 7.82. The number of anilines is 1. The summed E-state index contributed by atoms with van der Waals surface area (Å²) in [5.41, 5.74) is 6.23. The first kappa shape index (κ1) is 22.7. The van der Waals surface area contributed by atoms with Gasteiger partial charge >= 0.3 is 5.97 Å². The van der Waals surface area contributed by atoms with Gasteiger partial charge in [-0.2, -0.15) is 0 Å². The summed E-state index contributed by atoms with van der Waals surface area (Å²) in [6.07, 6.45) is -1.10. The fraction of sp³-hybridized carbons (Fsp3) is 0.423. The summed E-state index contributed by atoms with van der Waals surface area (Å²) >= 11 is 6.18. The minimum Gasteiger partial charge on any atom is -0.479 e. The Balaban J connectivity index is 2.17. The van der Waals surface area contributed by atoms with Crippen LogP contribution in [0.4, 0.5) is 5.69 Å². The molecule has 2 heterocycles. The predicted octanol–water partition coefficient (Wildman–Crippen LogP) is 6.36. The van der Waals surface area contributed by atoms with E-state index in [9.17, 15) is 9.90 Å². The number of hydrogen-bond donors (Lipinski definition) is 1. The molecule has 1 N–H and O–H groups in total. The molecule has 0 aliphatic carbocycles. The maximum Gasteiger partial charge on any atom is 0.337 e. The molecule has 5 nitrogen and oxygen atoms in total. The molecule has 0 bridgehead atoms. The van der Waals surface area contributed by atoms with Crippen LogP contribution in [-0.2, 0) is 16.1 Å². The monoisotopic (exact) mass is 454 g/mol. The van der Waals surface area contributed by atoms with Crippen LogP contribution in [0.3, 0.4) is 0 Å². The minimum absolute atomic E-state index is 0.288. The second-order valence-electron chi connectivity index (χ2n) is 9.84. The molecular formula is C26H31ClN2O3. The molecule has 170 valence electrons. The SMILES string of the molecule is Cc1c([C@H](OC(C)(C)C)C(=O)O)c(-c2ccc(Cl)cc2)c2cc(C)n3c2c1N(C)[C@H](C)C3. The second-order valence-corrected chi connectivity index (χ2v) is 10.3. The van der Waals surface area contributed by atoms with Gasteiger partial charge in [0, 0.05) is 41.3 Å². The van der Waals surface area contributed by atoms with Gasteiger partial charge in [-0.25, -0.2) is 4.79 Å². The average molecular weight is 455 g/mol. The molecule has 0 saturated heterocycles. The number of aromatic nitrogens is 1. The number of ether oxygens (including phenoxy) is 1. The molecule has 1 aliphatic rings. The lowest BCUT2D eigenvalue weighted by Gasteiger charge is -2.37. The molecule has 0 spiro atoms. The molecule has 3 aromatic rings. The first-order valence-corrected chi connectivity index (χ1v) is 11.3. The molecule has 6 heteroatoms. The van der Waals surface area contributed by atoms with Crippen molar-refractivity contribution in [2.75, 3.05) is 11.9 Å². The van der Waals surface area contributed by atoms with E-state index in [0.717, 1.165) is 45.5 Å². The topological polar surface area (TPSA) is 54.7 Å². The Morgan fingerprint density at radius 1 is 1.22 bits per heavy atom. The fourth-order valence-corrected chi connectivity index (χ4v) is 5.00. The van der Waals surface area contributed by atoms with Gasteiger partial charge in [-0.3, -0.25) is 0 Å². The van der Waals surface area contributed by atoms with Gasteiger partial charge in [-0.05, 0) is 76.4 Å². The van der Waals surface area contributed by atoms with Gasteiger partial charge in [0.1, 0.15) is 0 Å². The number of carboxylic acids is 1. The highest BCUT2D eigenvalue weighted by molar-refractivity contribution is 6.30. The predicted molar refractivity (Wildman–Crippen MR) is 131 cm³/mol. The Morgan fingerprint density at radius 3 is 2.41 bits per heavy atom. The minimum atomic E-state index is -1.10. The molecule has 0 fully saturated rings. The van der Waals surface area contributed by atoms with Crippen molar-refractivity contribution in [2.45, 2.75) is 65.8 Å². The average Bonchev–Trinajstić information content (AvgIpc) is 3.01. The number of nitrogens with zero attached hydrogens (tertiary/aromatic N) is 2. The third kappa shape index (κ3) is 3.67. The maximum atomic E-state index is 12.6. The summed E-state index contributed by atoms with van der Waals surface area (Å²) in [5, 5.41) is 12.0. The number of carboxylic acid groups (broad SMARTS) is 1. The van der Waals surface area contributed by atoms with Crippen LogP contribution < -0.4 is 4.90 Å². The van der Waals surface area contributed by atoms with E-state index in [1.807, 2.05) is 52.0 Å². The van der Waals surface area contributed by atoms with E-state index in [0.29, 0.717) is 10.6 Å². The van der Waals surface area contributed by atoms with E-state index >= 15 is 0 Å².